The highest BCUT2D eigenvalue weighted by Gasteiger charge is 2.31. The van der Waals surface area contributed by atoms with E-state index in [0.29, 0.717) is 25.2 Å². The van der Waals surface area contributed by atoms with Crippen LogP contribution in [0.4, 0.5) is 0 Å². The molecule has 0 aromatic heterocycles. The second kappa shape index (κ2) is 9.43. The van der Waals surface area contributed by atoms with Gasteiger partial charge in [0.05, 0.1) is 12.5 Å². The van der Waals surface area contributed by atoms with E-state index < -0.39 is 0 Å². The topological polar surface area (TPSA) is 40.6 Å². The van der Waals surface area contributed by atoms with E-state index in [9.17, 15) is 9.59 Å². The summed E-state index contributed by atoms with van der Waals surface area (Å²) in [5.74, 6) is 2.42. The predicted octanol–water partition coefficient (Wildman–Crippen LogP) is 3.82. The third kappa shape index (κ3) is 5.26. The molecule has 1 heterocycles. The van der Waals surface area contributed by atoms with Crippen LogP contribution in [0.25, 0.3) is 0 Å². The molecule has 1 aliphatic heterocycles. The van der Waals surface area contributed by atoms with Crippen LogP contribution in [0.2, 0.25) is 0 Å². The largest absolute Gasteiger partial charge is 0.338 e. The Morgan fingerprint density at radius 1 is 1.07 bits per heavy atom. The summed E-state index contributed by atoms with van der Waals surface area (Å²) in [5.41, 5.74) is 4.03. The molecule has 4 heteroatoms. The molecule has 2 aromatic carbocycles. The maximum atomic E-state index is 13.2. The molecule has 1 saturated heterocycles. The molecule has 0 spiro atoms. The van der Waals surface area contributed by atoms with E-state index in [-0.39, 0.29) is 24.3 Å². The van der Waals surface area contributed by atoms with Crippen LogP contribution in [-0.2, 0) is 11.3 Å². The summed E-state index contributed by atoms with van der Waals surface area (Å²) in [6.45, 7) is 5.93. The summed E-state index contributed by atoms with van der Waals surface area (Å²) in [6, 6.07) is 15.7. The third-order valence-corrected chi connectivity index (χ3v) is 5.44. The van der Waals surface area contributed by atoms with Crippen molar-refractivity contribution in [3.05, 3.63) is 70.8 Å². The van der Waals surface area contributed by atoms with Gasteiger partial charge in [0.2, 0.25) is 5.91 Å². The van der Waals surface area contributed by atoms with Crippen molar-refractivity contribution in [2.45, 2.75) is 33.2 Å². The summed E-state index contributed by atoms with van der Waals surface area (Å²) in [5, 5.41) is 0. The van der Waals surface area contributed by atoms with Crippen LogP contribution in [0.5, 0.6) is 0 Å². The van der Waals surface area contributed by atoms with Gasteiger partial charge in [-0.05, 0) is 44.4 Å². The monoisotopic (exact) mass is 388 g/mol. The highest BCUT2D eigenvalue weighted by molar-refractivity contribution is 5.94. The number of hydrogen-bond donors (Lipinski definition) is 0. The van der Waals surface area contributed by atoms with Crippen LogP contribution in [0.3, 0.4) is 0 Å². The molecule has 0 radical (unpaired) electrons. The number of carbonyl (C=O) groups is 2. The van der Waals surface area contributed by atoms with Gasteiger partial charge in [0.1, 0.15) is 0 Å². The second-order valence-electron chi connectivity index (χ2n) is 7.84. The molecule has 0 saturated carbocycles. The van der Waals surface area contributed by atoms with Gasteiger partial charge >= 0.3 is 0 Å². The van der Waals surface area contributed by atoms with Gasteiger partial charge < -0.3 is 9.80 Å². The van der Waals surface area contributed by atoms with Crippen LogP contribution in [0.1, 0.15) is 39.9 Å². The lowest BCUT2D eigenvalue weighted by atomic mass is 9.95. The molecule has 29 heavy (non-hydrogen) atoms. The molecule has 1 fully saturated rings. The van der Waals surface area contributed by atoms with Gasteiger partial charge in [-0.3, -0.25) is 9.59 Å². The lowest BCUT2D eigenvalue weighted by Crippen LogP contribution is -2.46. The number of piperidine rings is 1. The minimum Gasteiger partial charge on any atom is -0.338 e. The molecule has 150 valence electrons. The van der Waals surface area contributed by atoms with Crippen LogP contribution >= 0.6 is 0 Å². The number of likely N-dealkylation sites (tertiary alicyclic amines) is 1. The Morgan fingerprint density at radius 3 is 2.31 bits per heavy atom. The maximum Gasteiger partial charge on any atom is 0.253 e. The number of terminal acetylenes is 1. The van der Waals surface area contributed by atoms with Crippen molar-refractivity contribution in [3.63, 3.8) is 0 Å². The average molecular weight is 389 g/mol. The number of amides is 2. The normalized spacial score (nSPS) is 16.2. The van der Waals surface area contributed by atoms with Crippen molar-refractivity contribution < 1.29 is 9.59 Å². The average Bonchev–Trinajstić information content (AvgIpc) is 2.74. The number of carbonyl (C=O) groups excluding carboxylic acids is 2. The Balaban J connectivity index is 1.69. The molecule has 2 amide bonds. The highest BCUT2D eigenvalue weighted by atomic mass is 16.2. The van der Waals surface area contributed by atoms with E-state index in [1.165, 1.54) is 5.56 Å². The molecule has 0 bridgehead atoms. The Bertz CT molecular complexity index is 894. The minimum atomic E-state index is -0.211. The van der Waals surface area contributed by atoms with E-state index in [4.69, 9.17) is 6.42 Å². The lowest BCUT2D eigenvalue weighted by molar-refractivity contribution is -0.136. The Kier molecular flexibility index (Phi) is 6.72. The first-order valence-corrected chi connectivity index (χ1v) is 10.1. The summed E-state index contributed by atoms with van der Waals surface area (Å²) in [6.07, 6.45) is 7.13. The van der Waals surface area contributed by atoms with E-state index >= 15 is 0 Å². The zero-order chi connectivity index (χ0) is 20.8. The maximum absolute atomic E-state index is 13.2. The highest BCUT2D eigenvalue weighted by Crippen LogP contribution is 2.22. The molecule has 0 aliphatic carbocycles. The Morgan fingerprint density at radius 2 is 1.69 bits per heavy atom. The Labute approximate surface area is 173 Å². The molecule has 1 atom stereocenters. The van der Waals surface area contributed by atoms with Gasteiger partial charge in [-0.25, -0.2) is 0 Å². The summed E-state index contributed by atoms with van der Waals surface area (Å²) >= 11 is 0. The lowest BCUT2D eigenvalue weighted by Gasteiger charge is -2.34. The van der Waals surface area contributed by atoms with Crippen LogP contribution in [0.15, 0.2) is 48.5 Å². The van der Waals surface area contributed by atoms with Gasteiger partial charge in [0.25, 0.3) is 5.91 Å². The molecule has 4 nitrogen and oxygen atoms in total. The molecule has 1 unspecified atom stereocenters. The fourth-order valence-corrected chi connectivity index (χ4v) is 3.74. The molecular weight excluding hydrogens is 360 g/mol. The number of benzene rings is 2. The Hall–Kier alpha value is -3.06. The molecule has 0 N–H and O–H groups in total. The number of aryl methyl sites for hydroxylation is 2. The molecule has 3 rings (SSSR count). The standard InChI is InChI=1S/C25H28N2O2/c1-4-15-26(17-21-11-7-19(2)8-12-21)25(29)23-6-5-16-27(18-23)24(28)22-13-9-20(3)10-14-22/h1,7-14,23H,5-6,15-18H2,2-3H3. The first-order chi connectivity index (χ1) is 14.0. The van der Waals surface area contributed by atoms with Gasteiger partial charge in [0.15, 0.2) is 0 Å². The zero-order valence-electron chi connectivity index (χ0n) is 17.2. The SMILES string of the molecule is C#CCN(Cc1ccc(C)cc1)C(=O)C1CCCN(C(=O)c2ccc(C)cc2)C1. The van der Waals surface area contributed by atoms with Crippen molar-refractivity contribution in [1.82, 2.24) is 9.80 Å². The quantitative estimate of drug-likeness (QED) is 0.731. The van der Waals surface area contributed by atoms with E-state index in [2.05, 4.69) is 5.92 Å². The molecular formula is C25H28N2O2. The van der Waals surface area contributed by atoms with Crippen LogP contribution < -0.4 is 0 Å². The number of hydrogen-bond acceptors (Lipinski definition) is 2. The number of nitrogens with zero attached hydrogens (tertiary/aromatic N) is 2. The van der Waals surface area contributed by atoms with Crippen LogP contribution in [-0.4, -0.2) is 41.2 Å². The van der Waals surface area contributed by atoms with E-state index in [1.54, 1.807) is 9.80 Å². The van der Waals surface area contributed by atoms with E-state index in [0.717, 1.165) is 24.0 Å². The first-order valence-electron chi connectivity index (χ1n) is 10.1. The summed E-state index contributed by atoms with van der Waals surface area (Å²) < 4.78 is 0. The van der Waals surface area contributed by atoms with Gasteiger partial charge in [-0.15, -0.1) is 6.42 Å². The molecule has 2 aromatic rings. The van der Waals surface area contributed by atoms with Gasteiger partial charge in [0, 0.05) is 25.2 Å². The van der Waals surface area contributed by atoms with Crippen LogP contribution in [0, 0.1) is 32.1 Å². The third-order valence-electron chi connectivity index (χ3n) is 5.44. The van der Waals surface area contributed by atoms with Crippen molar-refractivity contribution in [2.24, 2.45) is 5.92 Å². The summed E-state index contributed by atoms with van der Waals surface area (Å²) in [7, 11) is 0. The predicted molar refractivity (Wildman–Crippen MR) is 115 cm³/mol. The van der Waals surface area contributed by atoms with Crippen molar-refractivity contribution in [2.75, 3.05) is 19.6 Å². The first kappa shape index (κ1) is 20.7. The zero-order valence-corrected chi connectivity index (χ0v) is 17.2. The van der Waals surface area contributed by atoms with Gasteiger partial charge in [-0.2, -0.15) is 0 Å². The number of rotatable bonds is 5. The molecule has 1 aliphatic rings. The smallest absolute Gasteiger partial charge is 0.253 e. The van der Waals surface area contributed by atoms with Crippen molar-refractivity contribution in [1.29, 1.82) is 0 Å². The fraction of sp³-hybridized carbons (Fsp3) is 0.360. The van der Waals surface area contributed by atoms with E-state index in [1.807, 2.05) is 62.4 Å². The minimum absolute atomic E-state index is 0.00969. The van der Waals surface area contributed by atoms with Crippen molar-refractivity contribution >= 4 is 11.8 Å². The van der Waals surface area contributed by atoms with Crippen molar-refractivity contribution in [3.8, 4) is 12.3 Å². The second-order valence-corrected chi connectivity index (χ2v) is 7.84. The fourth-order valence-electron chi connectivity index (χ4n) is 3.74. The van der Waals surface area contributed by atoms with Gasteiger partial charge in [-0.1, -0.05) is 53.4 Å². The summed E-state index contributed by atoms with van der Waals surface area (Å²) in [4.78, 5) is 29.6.